The summed E-state index contributed by atoms with van der Waals surface area (Å²) < 4.78 is 7.85. The zero-order valence-corrected chi connectivity index (χ0v) is 17.0. The molecule has 4 nitrogen and oxygen atoms in total. The minimum absolute atomic E-state index is 0.0612. The molecular formula is C25H28N2O2. The number of hydrogen-bond donors (Lipinski definition) is 0. The van der Waals surface area contributed by atoms with Gasteiger partial charge in [0, 0.05) is 43.5 Å². The number of carbonyl (C=O) groups is 1. The van der Waals surface area contributed by atoms with Crippen LogP contribution in [0.2, 0.25) is 0 Å². The van der Waals surface area contributed by atoms with Crippen LogP contribution in [0.5, 0.6) is 0 Å². The maximum Gasteiger partial charge on any atom is 0.152 e. The molecule has 0 amide bonds. The maximum atomic E-state index is 11.1. The lowest BCUT2D eigenvalue weighted by Crippen LogP contribution is -2.28. The van der Waals surface area contributed by atoms with Crippen LogP contribution in [-0.2, 0) is 16.0 Å². The molecular weight excluding hydrogens is 360 g/mol. The summed E-state index contributed by atoms with van der Waals surface area (Å²) in [6, 6.07) is 17.0. The van der Waals surface area contributed by atoms with E-state index in [0.29, 0.717) is 0 Å². The number of aromatic nitrogens is 1. The van der Waals surface area contributed by atoms with Crippen molar-refractivity contribution in [3.8, 4) is 5.69 Å². The molecule has 0 unspecified atom stereocenters. The van der Waals surface area contributed by atoms with Gasteiger partial charge in [-0.3, -0.25) is 4.79 Å². The number of rotatable bonds is 6. The highest BCUT2D eigenvalue weighted by Crippen LogP contribution is 2.26. The third-order valence-electron chi connectivity index (χ3n) is 5.49. The van der Waals surface area contributed by atoms with Crippen LogP contribution < -0.4 is 0 Å². The van der Waals surface area contributed by atoms with Crippen molar-refractivity contribution in [2.24, 2.45) is 0 Å². The number of para-hydroxylation sites is 1. The third kappa shape index (κ3) is 4.84. The van der Waals surface area contributed by atoms with Crippen LogP contribution in [0, 0.1) is 0 Å². The Bertz CT molecular complexity index is 993. The van der Waals surface area contributed by atoms with Crippen molar-refractivity contribution < 1.29 is 9.53 Å². The second kappa shape index (κ2) is 9.21. The van der Waals surface area contributed by atoms with E-state index in [1.807, 2.05) is 6.08 Å². The lowest BCUT2D eigenvalue weighted by molar-refractivity contribution is -0.112. The van der Waals surface area contributed by atoms with Crippen LogP contribution >= 0.6 is 0 Å². The number of allylic oxidation sites excluding steroid dienone is 1. The SMILES string of the molecule is CC(=O)C=Cc1ccc(-n2cc(CCN3CCCOCC3)c3ccccc32)cc1. The number of hydrogen-bond acceptors (Lipinski definition) is 3. The monoisotopic (exact) mass is 388 g/mol. The van der Waals surface area contributed by atoms with Gasteiger partial charge in [-0.1, -0.05) is 36.4 Å². The largest absolute Gasteiger partial charge is 0.380 e. The third-order valence-corrected chi connectivity index (χ3v) is 5.49. The van der Waals surface area contributed by atoms with Gasteiger partial charge in [-0.2, -0.15) is 0 Å². The number of nitrogens with zero attached hydrogens (tertiary/aromatic N) is 2. The molecule has 1 saturated heterocycles. The Morgan fingerprint density at radius 1 is 1.07 bits per heavy atom. The van der Waals surface area contributed by atoms with Crippen molar-refractivity contribution in [2.45, 2.75) is 19.8 Å². The molecule has 1 aromatic heterocycles. The van der Waals surface area contributed by atoms with E-state index in [4.69, 9.17) is 4.74 Å². The molecule has 2 aromatic carbocycles. The number of fused-ring (bicyclic) bond motifs is 1. The summed E-state index contributed by atoms with van der Waals surface area (Å²) in [7, 11) is 0. The van der Waals surface area contributed by atoms with Crippen molar-refractivity contribution in [1.29, 1.82) is 0 Å². The molecule has 0 bridgehead atoms. The molecule has 3 aromatic rings. The Morgan fingerprint density at radius 2 is 1.90 bits per heavy atom. The Kier molecular flexibility index (Phi) is 6.23. The zero-order chi connectivity index (χ0) is 20.1. The minimum atomic E-state index is 0.0612. The number of ether oxygens (including phenoxy) is 1. The minimum Gasteiger partial charge on any atom is -0.380 e. The van der Waals surface area contributed by atoms with Gasteiger partial charge >= 0.3 is 0 Å². The summed E-state index contributed by atoms with van der Waals surface area (Å²) in [4.78, 5) is 13.7. The molecule has 0 atom stereocenters. The summed E-state index contributed by atoms with van der Waals surface area (Å²) in [5.41, 5.74) is 4.78. The Hall–Kier alpha value is -2.69. The highest BCUT2D eigenvalue weighted by molar-refractivity contribution is 5.91. The molecule has 150 valence electrons. The van der Waals surface area contributed by atoms with Gasteiger partial charge in [-0.15, -0.1) is 0 Å². The van der Waals surface area contributed by atoms with E-state index >= 15 is 0 Å². The van der Waals surface area contributed by atoms with E-state index in [-0.39, 0.29) is 5.78 Å². The zero-order valence-electron chi connectivity index (χ0n) is 17.0. The van der Waals surface area contributed by atoms with Crippen LogP contribution in [0.15, 0.2) is 60.8 Å². The molecule has 0 radical (unpaired) electrons. The van der Waals surface area contributed by atoms with Gasteiger partial charge < -0.3 is 14.2 Å². The number of benzene rings is 2. The molecule has 4 rings (SSSR count). The smallest absolute Gasteiger partial charge is 0.152 e. The first-order valence-electron chi connectivity index (χ1n) is 10.4. The van der Waals surface area contributed by atoms with Gasteiger partial charge in [-0.25, -0.2) is 0 Å². The molecule has 0 saturated carbocycles. The van der Waals surface area contributed by atoms with E-state index in [2.05, 4.69) is 64.2 Å². The second-order valence-electron chi connectivity index (χ2n) is 7.63. The van der Waals surface area contributed by atoms with E-state index in [1.54, 1.807) is 13.0 Å². The molecule has 1 aliphatic heterocycles. The first-order valence-corrected chi connectivity index (χ1v) is 10.4. The summed E-state index contributed by atoms with van der Waals surface area (Å²) in [6.07, 6.45) is 7.89. The topological polar surface area (TPSA) is 34.5 Å². The van der Waals surface area contributed by atoms with Gasteiger partial charge in [0.05, 0.1) is 12.1 Å². The highest BCUT2D eigenvalue weighted by Gasteiger charge is 2.13. The predicted octanol–water partition coefficient (Wildman–Crippen LogP) is 4.50. The Labute approximate surface area is 172 Å². The van der Waals surface area contributed by atoms with Gasteiger partial charge in [0.1, 0.15) is 0 Å². The summed E-state index contributed by atoms with van der Waals surface area (Å²) in [5, 5.41) is 1.32. The molecule has 0 spiro atoms. The maximum absolute atomic E-state index is 11.1. The summed E-state index contributed by atoms with van der Waals surface area (Å²) >= 11 is 0. The van der Waals surface area contributed by atoms with Crippen molar-refractivity contribution in [3.05, 3.63) is 71.9 Å². The molecule has 0 N–H and O–H groups in total. The fourth-order valence-electron chi connectivity index (χ4n) is 3.92. The Morgan fingerprint density at radius 3 is 2.72 bits per heavy atom. The molecule has 29 heavy (non-hydrogen) atoms. The summed E-state index contributed by atoms with van der Waals surface area (Å²) in [6.45, 7) is 6.49. The quantitative estimate of drug-likeness (QED) is 0.583. The average Bonchev–Trinajstić information content (AvgIpc) is 2.91. The molecule has 2 heterocycles. The highest BCUT2D eigenvalue weighted by atomic mass is 16.5. The van der Waals surface area contributed by atoms with E-state index in [1.165, 1.54) is 16.5 Å². The second-order valence-corrected chi connectivity index (χ2v) is 7.63. The normalized spacial score (nSPS) is 15.8. The predicted molar refractivity (Wildman–Crippen MR) is 119 cm³/mol. The van der Waals surface area contributed by atoms with Gasteiger partial charge in [0.25, 0.3) is 0 Å². The van der Waals surface area contributed by atoms with Crippen LogP contribution in [0.3, 0.4) is 0 Å². The average molecular weight is 389 g/mol. The van der Waals surface area contributed by atoms with E-state index in [0.717, 1.165) is 56.9 Å². The lowest BCUT2D eigenvalue weighted by atomic mass is 10.1. The molecule has 4 heteroatoms. The standard InChI is InChI=1S/C25H28N2O2/c1-20(28)7-8-21-9-11-23(12-10-21)27-19-22(24-5-2-3-6-25(24)27)13-15-26-14-4-17-29-18-16-26/h2-3,5-12,19H,4,13-18H2,1H3. The van der Waals surface area contributed by atoms with Crippen LogP contribution in [-0.4, -0.2) is 48.1 Å². The Balaban J connectivity index is 1.57. The van der Waals surface area contributed by atoms with Crippen molar-refractivity contribution in [3.63, 3.8) is 0 Å². The fraction of sp³-hybridized carbons (Fsp3) is 0.320. The molecule has 1 aliphatic rings. The van der Waals surface area contributed by atoms with Crippen molar-refractivity contribution in [1.82, 2.24) is 9.47 Å². The van der Waals surface area contributed by atoms with Crippen molar-refractivity contribution in [2.75, 3.05) is 32.8 Å². The first kappa shape index (κ1) is 19.6. The first-order chi connectivity index (χ1) is 14.2. The van der Waals surface area contributed by atoms with Crippen LogP contribution in [0.4, 0.5) is 0 Å². The van der Waals surface area contributed by atoms with Crippen LogP contribution in [0.25, 0.3) is 22.7 Å². The van der Waals surface area contributed by atoms with E-state index < -0.39 is 0 Å². The lowest BCUT2D eigenvalue weighted by Gasteiger charge is -2.18. The number of ketones is 1. The van der Waals surface area contributed by atoms with Crippen LogP contribution in [0.1, 0.15) is 24.5 Å². The van der Waals surface area contributed by atoms with Crippen molar-refractivity contribution >= 4 is 22.8 Å². The number of carbonyl (C=O) groups excluding carboxylic acids is 1. The molecule has 0 aliphatic carbocycles. The van der Waals surface area contributed by atoms with Gasteiger partial charge in [-0.05, 0) is 55.2 Å². The fourth-order valence-corrected chi connectivity index (χ4v) is 3.92. The van der Waals surface area contributed by atoms with Gasteiger partial charge in [0.15, 0.2) is 5.78 Å². The summed E-state index contributed by atoms with van der Waals surface area (Å²) in [5.74, 6) is 0.0612. The van der Waals surface area contributed by atoms with E-state index in [9.17, 15) is 4.79 Å². The molecule has 1 fully saturated rings. The van der Waals surface area contributed by atoms with Gasteiger partial charge in [0.2, 0.25) is 0 Å².